The Labute approximate surface area is 228 Å². The average molecular weight is 548 g/mol. The Balaban J connectivity index is 2.03. The zero-order chi connectivity index (χ0) is 29.4. The molecule has 0 aliphatic heterocycles. The minimum atomic E-state index is -0.938. The molecular weight excluding hydrogens is 522 g/mol. The van der Waals surface area contributed by atoms with Crippen molar-refractivity contribution >= 4 is 28.6 Å². The number of non-ortho nitro benzene ring substituents is 1. The Morgan fingerprint density at radius 3 is 1.82 bits per heavy atom. The molecular formula is C27H25N5O8. The lowest BCUT2D eigenvalue weighted by molar-refractivity contribution is -0.394. The second kappa shape index (κ2) is 13.1. The summed E-state index contributed by atoms with van der Waals surface area (Å²) in [6.07, 6.45) is 8.15. The molecule has 0 unspecified atom stereocenters. The number of hydrogen-bond acceptors (Lipinski definition) is 10. The molecule has 0 fully saturated rings. The van der Waals surface area contributed by atoms with Crippen molar-refractivity contribution in [2.75, 3.05) is 6.61 Å². The number of hydrogen-bond donors (Lipinski definition) is 0. The molecule has 0 atom stereocenters. The van der Waals surface area contributed by atoms with E-state index in [1.165, 1.54) is 12.8 Å². The molecule has 13 nitrogen and oxygen atoms in total. The van der Waals surface area contributed by atoms with E-state index in [1.807, 2.05) is 0 Å². The van der Waals surface area contributed by atoms with Crippen LogP contribution in [0.5, 0.6) is 0 Å². The van der Waals surface area contributed by atoms with E-state index in [0.29, 0.717) is 12.5 Å². The molecule has 3 rings (SSSR count). The predicted molar refractivity (Wildman–Crippen MR) is 142 cm³/mol. The molecule has 0 spiro atoms. The quantitative estimate of drug-likeness (QED) is 0.0742. The first-order valence-corrected chi connectivity index (χ1v) is 12.7. The summed E-state index contributed by atoms with van der Waals surface area (Å²) in [5.41, 5.74) is -4.47. The molecule has 0 amide bonds. The Morgan fingerprint density at radius 1 is 0.775 bits per heavy atom. The van der Waals surface area contributed by atoms with Crippen LogP contribution in [0.3, 0.4) is 0 Å². The number of esters is 1. The maximum atomic E-state index is 12.8. The normalized spacial score (nSPS) is 11.1. The topological polar surface area (TPSA) is 203 Å². The van der Waals surface area contributed by atoms with E-state index in [1.54, 1.807) is 12.1 Å². The van der Waals surface area contributed by atoms with Gasteiger partial charge in [0.1, 0.15) is 17.7 Å². The van der Waals surface area contributed by atoms with Gasteiger partial charge in [-0.05, 0) is 12.5 Å². The van der Waals surface area contributed by atoms with Gasteiger partial charge in [0, 0.05) is 28.8 Å². The van der Waals surface area contributed by atoms with Crippen LogP contribution in [-0.4, -0.2) is 27.3 Å². The number of carbonyl (C=O) groups excluding carboxylic acids is 1. The fraction of sp³-hybridized carbons (Fsp3) is 0.370. The van der Waals surface area contributed by atoms with Crippen molar-refractivity contribution in [2.24, 2.45) is 0 Å². The van der Waals surface area contributed by atoms with Crippen molar-refractivity contribution in [3.05, 3.63) is 76.9 Å². The number of ether oxygens (including phenoxy) is 1. The molecule has 1 aliphatic rings. The highest BCUT2D eigenvalue weighted by atomic mass is 16.6. The molecule has 0 N–H and O–H groups in total. The molecule has 1 aliphatic carbocycles. The summed E-state index contributed by atoms with van der Waals surface area (Å²) < 4.78 is 5.30. The van der Waals surface area contributed by atoms with Crippen LogP contribution in [0.1, 0.15) is 79.8 Å². The smallest absolute Gasteiger partial charge is 0.338 e. The highest BCUT2D eigenvalue weighted by molar-refractivity contribution is 6.11. The first-order chi connectivity index (χ1) is 19.2. The first-order valence-electron chi connectivity index (χ1n) is 12.7. The van der Waals surface area contributed by atoms with Crippen molar-refractivity contribution in [1.82, 2.24) is 0 Å². The molecule has 0 aromatic heterocycles. The van der Waals surface area contributed by atoms with Gasteiger partial charge in [-0.1, -0.05) is 51.9 Å². The average Bonchev–Trinajstić information content (AvgIpc) is 3.25. The van der Waals surface area contributed by atoms with Crippen LogP contribution in [0.2, 0.25) is 0 Å². The third-order valence-electron chi connectivity index (χ3n) is 6.55. The first kappa shape index (κ1) is 29.4. The van der Waals surface area contributed by atoms with Gasteiger partial charge < -0.3 is 4.74 Å². The second-order valence-electron chi connectivity index (χ2n) is 9.16. The number of nitro groups is 3. The minimum Gasteiger partial charge on any atom is -0.462 e. The zero-order valence-electron chi connectivity index (χ0n) is 21.7. The summed E-state index contributed by atoms with van der Waals surface area (Å²) >= 11 is 0. The van der Waals surface area contributed by atoms with Crippen LogP contribution in [0.4, 0.5) is 17.1 Å². The summed E-state index contributed by atoms with van der Waals surface area (Å²) in [5, 5.41) is 54.6. The monoisotopic (exact) mass is 547 g/mol. The van der Waals surface area contributed by atoms with E-state index in [0.717, 1.165) is 50.3 Å². The fourth-order valence-corrected chi connectivity index (χ4v) is 4.71. The number of benzene rings is 2. The van der Waals surface area contributed by atoms with Crippen molar-refractivity contribution in [1.29, 1.82) is 10.5 Å². The van der Waals surface area contributed by atoms with E-state index in [4.69, 9.17) is 4.74 Å². The molecule has 40 heavy (non-hydrogen) atoms. The molecule has 0 saturated carbocycles. The highest BCUT2D eigenvalue weighted by Gasteiger charge is 2.41. The molecule has 0 saturated heterocycles. The van der Waals surface area contributed by atoms with Crippen LogP contribution in [-0.2, 0) is 4.74 Å². The third-order valence-corrected chi connectivity index (χ3v) is 6.55. The third kappa shape index (κ3) is 6.10. The van der Waals surface area contributed by atoms with Crippen LogP contribution in [0, 0.1) is 53.0 Å². The lowest BCUT2D eigenvalue weighted by Crippen LogP contribution is -2.08. The van der Waals surface area contributed by atoms with Crippen LogP contribution in [0.25, 0.3) is 16.7 Å². The number of allylic oxidation sites excluding steroid dienone is 1. The summed E-state index contributed by atoms with van der Waals surface area (Å²) in [6.45, 7) is 2.21. The van der Waals surface area contributed by atoms with Gasteiger partial charge in [0.15, 0.2) is 0 Å². The minimum absolute atomic E-state index is 0.0703. The second-order valence-corrected chi connectivity index (χ2v) is 9.16. The molecule has 2 aromatic carbocycles. The molecule has 0 radical (unpaired) electrons. The molecule has 13 heteroatoms. The molecule has 2 aromatic rings. The Hall–Kier alpha value is -5.17. The van der Waals surface area contributed by atoms with Gasteiger partial charge in [-0.2, -0.15) is 10.5 Å². The van der Waals surface area contributed by atoms with Gasteiger partial charge in [-0.15, -0.1) is 0 Å². The molecule has 0 heterocycles. The van der Waals surface area contributed by atoms with Crippen LogP contribution in [0.15, 0.2) is 29.8 Å². The maximum absolute atomic E-state index is 12.8. The van der Waals surface area contributed by atoms with Gasteiger partial charge in [0.05, 0.1) is 44.1 Å². The van der Waals surface area contributed by atoms with Gasteiger partial charge in [0.2, 0.25) is 0 Å². The van der Waals surface area contributed by atoms with Gasteiger partial charge >= 0.3 is 5.97 Å². The lowest BCUT2D eigenvalue weighted by atomic mass is 9.97. The number of fused-ring (bicyclic) bond motifs is 3. The standard InChI is InChI=1S/C27H25N5O8/c1-2-3-4-5-6-7-8-9-10-40-27(33)17-11-20-24(18(15-28)16-29)21-13-19(30(34)35)14-23(32(38)39)26(21)25(20)22(12-17)31(36)37/h11-14H,2-10H2,1H3. The van der Waals surface area contributed by atoms with E-state index < -0.39 is 43.4 Å². The van der Waals surface area contributed by atoms with Gasteiger partial charge in [-0.3, -0.25) is 30.3 Å². The SMILES string of the molecule is CCCCCCCCCCOC(=O)c1cc2c(c([N+](=O)[O-])c1)-c1c(cc([N+](=O)[O-])cc1[N+](=O)[O-])C2=C(C#N)C#N. The van der Waals surface area contributed by atoms with E-state index in [2.05, 4.69) is 6.92 Å². The number of nitriles is 2. The Kier molecular flexibility index (Phi) is 9.60. The highest BCUT2D eigenvalue weighted by Crippen LogP contribution is 2.54. The lowest BCUT2D eigenvalue weighted by Gasteiger charge is -2.09. The number of nitro benzene ring substituents is 3. The van der Waals surface area contributed by atoms with Crippen molar-refractivity contribution in [3.63, 3.8) is 0 Å². The summed E-state index contributed by atoms with van der Waals surface area (Å²) in [5.74, 6) is -0.889. The Morgan fingerprint density at radius 2 is 1.30 bits per heavy atom. The van der Waals surface area contributed by atoms with Gasteiger partial charge in [-0.25, -0.2) is 4.79 Å². The number of unbranched alkanes of at least 4 members (excludes halogenated alkanes) is 7. The maximum Gasteiger partial charge on any atom is 0.338 e. The van der Waals surface area contributed by atoms with Crippen molar-refractivity contribution in [3.8, 4) is 23.3 Å². The number of rotatable bonds is 13. The zero-order valence-corrected chi connectivity index (χ0v) is 21.7. The van der Waals surface area contributed by atoms with Crippen molar-refractivity contribution < 1.29 is 24.3 Å². The fourth-order valence-electron chi connectivity index (χ4n) is 4.71. The summed E-state index contributed by atoms with van der Waals surface area (Å²) in [4.78, 5) is 45.6. The van der Waals surface area contributed by atoms with E-state index in [9.17, 15) is 45.7 Å². The van der Waals surface area contributed by atoms with Crippen LogP contribution >= 0.6 is 0 Å². The Bertz CT molecular complexity index is 1480. The van der Waals surface area contributed by atoms with Crippen molar-refractivity contribution in [2.45, 2.75) is 58.3 Å². The molecule has 0 bridgehead atoms. The number of nitrogens with zero attached hydrogens (tertiary/aromatic N) is 5. The largest absolute Gasteiger partial charge is 0.462 e. The summed E-state index contributed by atoms with van der Waals surface area (Å²) in [7, 11) is 0. The van der Waals surface area contributed by atoms with E-state index in [-0.39, 0.29) is 40.0 Å². The van der Waals surface area contributed by atoms with Crippen LogP contribution < -0.4 is 0 Å². The number of carbonyl (C=O) groups is 1. The van der Waals surface area contributed by atoms with E-state index >= 15 is 0 Å². The van der Waals surface area contributed by atoms with Gasteiger partial charge in [0.25, 0.3) is 17.1 Å². The predicted octanol–water partition coefficient (Wildman–Crippen LogP) is 6.54. The molecule has 206 valence electrons. The summed E-state index contributed by atoms with van der Waals surface area (Å²) in [6, 6.07) is 6.89.